The molecule has 0 unspecified atom stereocenters. The Hall–Kier alpha value is -10.0. The average molecular weight is 1120 g/mol. The molecule has 26 heteroatoms. The Morgan fingerprint density at radius 1 is 0.637 bits per heavy atom. The number of pyridine rings is 3. The van der Waals surface area contributed by atoms with Gasteiger partial charge in [0.05, 0.1) is 54.7 Å². The highest BCUT2D eigenvalue weighted by Crippen LogP contribution is 2.35. The molecule has 0 aliphatic heterocycles. The summed E-state index contributed by atoms with van der Waals surface area (Å²) in [5.41, 5.74) is 20.1. The molecule has 414 valence electrons. The summed E-state index contributed by atoms with van der Waals surface area (Å²) in [5.74, 6) is -1.89. The van der Waals surface area contributed by atoms with Crippen molar-refractivity contribution in [2.24, 2.45) is 17.2 Å². The van der Waals surface area contributed by atoms with Gasteiger partial charge in [-0.15, -0.1) is 0 Å². The van der Waals surface area contributed by atoms with Gasteiger partial charge in [0.1, 0.15) is 12.1 Å². The summed E-state index contributed by atoms with van der Waals surface area (Å²) in [4.78, 5) is 104. The van der Waals surface area contributed by atoms with E-state index in [1.54, 1.807) is 47.2 Å². The van der Waals surface area contributed by atoms with Crippen LogP contribution in [0.2, 0.25) is 5.02 Å². The molecular formula is C54H48ClF3N10O12. The number of hydrogen-bond acceptors (Lipinski definition) is 14. The van der Waals surface area contributed by atoms with Crippen LogP contribution in [0.5, 0.6) is 0 Å². The molecule has 9 rings (SSSR count). The molecule has 0 fully saturated rings. The molecule has 0 saturated heterocycles. The monoisotopic (exact) mass is 1120 g/mol. The number of nitro benzene ring substituents is 2. The van der Waals surface area contributed by atoms with Crippen LogP contribution >= 0.6 is 11.6 Å². The minimum atomic E-state index is -4.64. The first-order valence-corrected chi connectivity index (χ1v) is 24.1. The van der Waals surface area contributed by atoms with E-state index in [2.05, 4.69) is 9.73 Å². The molecule has 0 saturated carbocycles. The van der Waals surface area contributed by atoms with Crippen LogP contribution in [0, 0.1) is 20.2 Å². The molecule has 22 nitrogen and oxygen atoms in total. The number of rotatable bonds is 11. The lowest BCUT2D eigenvalue weighted by Crippen LogP contribution is -2.31. The van der Waals surface area contributed by atoms with Gasteiger partial charge in [0.2, 0.25) is 17.7 Å². The van der Waals surface area contributed by atoms with Gasteiger partial charge < -0.3 is 46.4 Å². The first-order chi connectivity index (χ1) is 37.8. The summed E-state index contributed by atoms with van der Waals surface area (Å²) >= 11 is 5.60. The Balaban J connectivity index is 0.000000181. The van der Waals surface area contributed by atoms with Gasteiger partial charge >= 0.3 is 11.8 Å². The maximum atomic E-state index is 13.0. The van der Waals surface area contributed by atoms with Gasteiger partial charge in [0, 0.05) is 76.2 Å². The third-order valence-electron chi connectivity index (χ3n) is 12.5. The van der Waals surface area contributed by atoms with E-state index in [9.17, 15) is 67.0 Å². The molecule has 0 spiro atoms. The maximum absolute atomic E-state index is 13.0. The number of nitrogens with zero attached hydrogens (tertiary/aromatic N) is 5. The predicted molar refractivity (Wildman–Crippen MR) is 295 cm³/mol. The van der Waals surface area contributed by atoms with Gasteiger partial charge in [-0.2, -0.15) is 13.2 Å². The van der Waals surface area contributed by atoms with Crippen molar-refractivity contribution < 1.29 is 41.8 Å². The zero-order valence-electron chi connectivity index (χ0n) is 42.4. The smallest absolute Gasteiger partial charge is 0.417 e. The number of non-ortho nitro benzene ring substituents is 2. The molecule has 0 bridgehead atoms. The number of carbonyl (C=O) groups is 3. The van der Waals surface area contributed by atoms with Crippen molar-refractivity contribution in [2.75, 3.05) is 17.6 Å². The van der Waals surface area contributed by atoms with Crippen LogP contribution in [0.15, 0.2) is 164 Å². The van der Waals surface area contributed by atoms with Crippen molar-refractivity contribution in [1.82, 2.24) is 13.7 Å². The third-order valence-corrected chi connectivity index (χ3v) is 12.8. The van der Waals surface area contributed by atoms with Crippen LogP contribution in [-0.4, -0.2) is 47.8 Å². The standard InChI is InChI=1S/C21H17ClF3N3O3.C12H11N3O4.C12H15N3O.C9H5NO4/c1-11(19(26)30)28-8-7-13-14(20(28)31)3-2-4-17(13)27-18(29)10-12-5-6-16(22)15(9-12)21(23,24)25;1-7(11(13)16)14-6-5-8-9(12(14)17)3-2-4-10(8)15(18)19;1-8(7-13)15-6-5-9-10(12(15)16)3-2-4-11(9)14;11-9-7-2-1-3-8(10(12)13)6(7)4-5-14-9/h2-9,11H,10H2,1H3,(H2,26,30)(H,27,29);2-7H,1H3,(H2,13,16);2-6,8H,7,13-14H2,1H3;1-5H/t11-;7-;8-;/m000./s1. The molecule has 4 heterocycles. The maximum Gasteiger partial charge on any atom is 0.417 e. The van der Waals surface area contributed by atoms with E-state index >= 15 is 0 Å². The lowest BCUT2D eigenvalue weighted by atomic mass is 10.1. The predicted octanol–water partition coefficient (Wildman–Crippen LogP) is 7.66. The highest BCUT2D eigenvalue weighted by molar-refractivity contribution is 6.31. The van der Waals surface area contributed by atoms with Crippen molar-refractivity contribution in [3.63, 3.8) is 0 Å². The second-order valence-electron chi connectivity index (χ2n) is 17.6. The lowest BCUT2D eigenvalue weighted by molar-refractivity contribution is -0.383. The van der Waals surface area contributed by atoms with Crippen molar-refractivity contribution in [2.45, 2.75) is 51.5 Å². The number of anilines is 2. The van der Waals surface area contributed by atoms with Crippen molar-refractivity contribution in [3.8, 4) is 0 Å². The van der Waals surface area contributed by atoms with E-state index in [1.807, 2.05) is 13.0 Å². The normalized spacial score (nSPS) is 12.2. The number of halogens is 4. The Labute approximate surface area is 453 Å². The number of fused-ring (bicyclic) bond motifs is 4. The molecule has 3 amide bonds. The Bertz CT molecular complexity index is 4140. The number of hydrogen-bond donors (Lipinski definition) is 5. The number of amides is 3. The van der Waals surface area contributed by atoms with Crippen molar-refractivity contribution in [1.29, 1.82) is 0 Å². The number of primary amides is 2. The summed E-state index contributed by atoms with van der Waals surface area (Å²) in [7, 11) is 0. The summed E-state index contributed by atoms with van der Waals surface area (Å²) in [5, 5.41) is 26.7. The quantitative estimate of drug-likeness (QED) is 0.0472. The van der Waals surface area contributed by atoms with Crippen LogP contribution in [0.1, 0.15) is 50.0 Å². The van der Waals surface area contributed by atoms with E-state index in [4.69, 9.17) is 34.5 Å². The summed E-state index contributed by atoms with van der Waals surface area (Å²) in [6.07, 6.45) is 0.668. The second kappa shape index (κ2) is 25.0. The fourth-order valence-electron chi connectivity index (χ4n) is 8.07. The summed E-state index contributed by atoms with van der Waals surface area (Å²) < 4.78 is 47.6. The first kappa shape index (κ1) is 59.2. The highest BCUT2D eigenvalue weighted by atomic mass is 35.5. The van der Waals surface area contributed by atoms with Crippen LogP contribution in [-0.2, 0) is 27.0 Å². The van der Waals surface area contributed by atoms with Gasteiger partial charge in [-0.1, -0.05) is 41.9 Å². The number of aromatic nitrogens is 3. The zero-order chi connectivity index (χ0) is 58.9. The fourth-order valence-corrected chi connectivity index (χ4v) is 8.30. The minimum Gasteiger partial charge on any atom is -0.431 e. The van der Waals surface area contributed by atoms with E-state index in [-0.39, 0.29) is 56.5 Å². The third kappa shape index (κ3) is 13.2. The number of nitrogens with one attached hydrogen (secondary N) is 1. The second-order valence-corrected chi connectivity index (χ2v) is 18.0. The summed E-state index contributed by atoms with van der Waals surface area (Å²) in [6, 6.07) is 26.4. The number of benzene rings is 5. The van der Waals surface area contributed by atoms with E-state index < -0.39 is 73.2 Å². The number of nitrogen functional groups attached to an aromatic ring is 1. The van der Waals surface area contributed by atoms with Crippen LogP contribution in [0.3, 0.4) is 0 Å². The minimum absolute atomic E-state index is 0.00155. The summed E-state index contributed by atoms with van der Waals surface area (Å²) in [6.45, 7) is 5.34. The van der Waals surface area contributed by atoms with Crippen LogP contribution in [0.25, 0.3) is 43.1 Å². The molecule has 5 aromatic carbocycles. The molecule has 80 heavy (non-hydrogen) atoms. The van der Waals surface area contributed by atoms with Gasteiger partial charge in [-0.05, 0) is 99.1 Å². The van der Waals surface area contributed by atoms with E-state index in [1.165, 1.54) is 91.5 Å². The van der Waals surface area contributed by atoms with E-state index in [0.29, 0.717) is 34.1 Å². The van der Waals surface area contributed by atoms with Gasteiger partial charge in [0.25, 0.3) is 28.1 Å². The Morgan fingerprint density at radius 3 is 1.64 bits per heavy atom. The number of nitrogens with two attached hydrogens (primary N) is 4. The zero-order valence-corrected chi connectivity index (χ0v) is 43.1. The SMILES string of the molecule is C[C@@H](C(N)=O)n1ccc2c(NC(=O)Cc3ccc(Cl)c(C(F)(F)F)c3)cccc2c1=O.C[C@@H](C(N)=O)n1ccc2c([N+](=O)[O-])cccc2c1=O.C[C@@H](CN)n1ccc2c(N)cccc2c1=O.O=c1occc2c([N+](=O)[O-])cccc12. The van der Waals surface area contributed by atoms with Gasteiger partial charge in [-0.25, -0.2) is 4.79 Å². The number of carbonyl (C=O) groups excluding carboxylic acids is 3. The van der Waals surface area contributed by atoms with Crippen molar-refractivity contribution in [3.05, 3.63) is 218 Å². The first-order valence-electron chi connectivity index (χ1n) is 23.7. The molecule has 0 radical (unpaired) electrons. The van der Waals surface area contributed by atoms with Crippen molar-refractivity contribution >= 4 is 95.2 Å². The Morgan fingerprint density at radius 2 is 1.10 bits per heavy atom. The van der Waals surface area contributed by atoms with Gasteiger partial charge in [-0.3, -0.25) is 49.0 Å². The molecule has 3 atom stereocenters. The molecule has 4 aromatic heterocycles. The molecule has 9 N–H and O–H groups in total. The van der Waals surface area contributed by atoms with Crippen LogP contribution in [0.4, 0.5) is 35.9 Å². The van der Waals surface area contributed by atoms with Crippen LogP contribution < -0.4 is 50.6 Å². The molecular weight excluding hydrogens is 1070 g/mol. The highest BCUT2D eigenvalue weighted by Gasteiger charge is 2.33. The topological polar surface area (TPSA) is 350 Å². The Kier molecular flexibility index (Phi) is 18.5. The lowest BCUT2D eigenvalue weighted by Gasteiger charge is -2.14. The molecule has 9 aromatic rings. The molecule has 0 aliphatic rings. The number of alkyl halides is 3. The number of nitro groups is 2. The average Bonchev–Trinajstić information content (AvgIpc) is 3.45. The fraction of sp³-hybridized carbons (Fsp3) is 0.167. The molecule has 0 aliphatic carbocycles. The van der Waals surface area contributed by atoms with E-state index in [0.717, 1.165) is 28.3 Å². The largest absolute Gasteiger partial charge is 0.431 e. The van der Waals surface area contributed by atoms with Gasteiger partial charge in [0.15, 0.2) is 0 Å².